The van der Waals surface area contributed by atoms with Crippen molar-refractivity contribution in [1.82, 2.24) is 0 Å². The largest absolute Gasteiger partial charge is 0.481 e. The van der Waals surface area contributed by atoms with E-state index < -0.39 is 23.9 Å². The molecule has 0 aliphatic carbocycles. The molecule has 0 aliphatic heterocycles. The summed E-state index contributed by atoms with van der Waals surface area (Å²) >= 11 is 5.89. The van der Waals surface area contributed by atoms with E-state index in [1.54, 1.807) is 31.2 Å². The zero-order chi connectivity index (χ0) is 20.0. The van der Waals surface area contributed by atoms with Gasteiger partial charge in [0.2, 0.25) is 0 Å². The standard InChI is InChI=1S/C19H18ClNO6/c1-11(27-16-6-4-5-14(20)10-16)17(22)21-15-8-12(18(23)25-2)7-13(9-15)19(24)26-3/h4-11H,1-3H3,(H,21,22). The van der Waals surface area contributed by atoms with Crippen molar-refractivity contribution in [1.29, 1.82) is 0 Å². The van der Waals surface area contributed by atoms with Gasteiger partial charge in [0.15, 0.2) is 6.10 Å². The van der Waals surface area contributed by atoms with Gasteiger partial charge in [0.1, 0.15) is 5.75 Å². The monoisotopic (exact) mass is 391 g/mol. The van der Waals surface area contributed by atoms with Gasteiger partial charge in [-0.15, -0.1) is 0 Å². The number of hydrogen-bond donors (Lipinski definition) is 1. The first-order valence-electron chi connectivity index (χ1n) is 7.89. The minimum absolute atomic E-state index is 0.0964. The molecule has 8 heteroatoms. The maximum absolute atomic E-state index is 12.4. The summed E-state index contributed by atoms with van der Waals surface area (Å²) in [5.41, 5.74) is 0.420. The normalized spacial score (nSPS) is 11.3. The van der Waals surface area contributed by atoms with E-state index in [9.17, 15) is 14.4 Å². The molecule has 0 heterocycles. The van der Waals surface area contributed by atoms with Crippen LogP contribution in [0.2, 0.25) is 5.02 Å². The molecule has 2 rings (SSSR count). The van der Waals surface area contributed by atoms with Crippen LogP contribution >= 0.6 is 11.6 Å². The van der Waals surface area contributed by atoms with Crippen molar-refractivity contribution in [3.8, 4) is 5.75 Å². The van der Waals surface area contributed by atoms with Crippen LogP contribution in [0.15, 0.2) is 42.5 Å². The van der Waals surface area contributed by atoms with Gasteiger partial charge in [0.05, 0.1) is 25.3 Å². The predicted molar refractivity (Wildman–Crippen MR) is 99.3 cm³/mol. The van der Waals surface area contributed by atoms with Crippen molar-refractivity contribution < 1.29 is 28.6 Å². The van der Waals surface area contributed by atoms with Gasteiger partial charge in [-0.05, 0) is 43.3 Å². The molecule has 27 heavy (non-hydrogen) atoms. The second kappa shape index (κ2) is 9.05. The summed E-state index contributed by atoms with van der Waals surface area (Å²) in [7, 11) is 2.43. The number of anilines is 1. The molecule has 2 aromatic carbocycles. The van der Waals surface area contributed by atoms with Crippen LogP contribution in [0.3, 0.4) is 0 Å². The van der Waals surface area contributed by atoms with E-state index in [-0.39, 0.29) is 16.8 Å². The van der Waals surface area contributed by atoms with Crippen molar-refractivity contribution in [2.24, 2.45) is 0 Å². The van der Waals surface area contributed by atoms with E-state index in [4.69, 9.17) is 16.3 Å². The number of amides is 1. The number of nitrogens with one attached hydrogen (secondary N) is 1. The molecule has 0 radical (unpaired) electrons. The Morgan fingerprint density at radius 2 is 1.56 bits per heavy atom. The van der Waals surface area contributed by atoms with E-state index in [2.05, 4.69) is 14.8 Å². The van der Waals surface area contributed by atoms with E-state index in [1.165, 1.54) is 32.4 Å². The van der Waals surface area contributed by atoms with Gasteiger partial charge in [-0.1, -0.05) is 17.7 Å². The average molecular weight is 392 g/mol. The van der Waals surface area contributed by atoms with E-state index in [0.29, 0.717) is 10.8 Å². The number of benzene rings is 2. The van der Waals surface area contributed by atoms with Gasteiger partial charge < -0.3 is 19.5 Å². The summed E-state index contributed by atoms with van der Waals surface area (Å²) in [5, 5.41) is 3.08. The Morgan fingerprint density at radius 1 is 0.963 bits per heavy atom. The molecule has 1 amide bonds. The van der Waals surface area contributed by atoms with E-state index >= 15 is 0 Å². The topological polar surface area (TPSA) is 90.9 Å². The molecule has 0 fully saturated rings. The Balaban J connectivity index is 2.20. The molecule has 0 saturated heterocycles. The van der Waals surface area contributed by atoms with Gasteiger partial charge in [-0.2, -0.15) is 0 Å². The molecule has 1 N–H and O–H groups in total. The smallest absolute Gasteiger partial charge is 0.337 e. The number of hydrogen-bond acceptors (Lipinski definition) is 6. The second-order valence-corrected chi connectivity index (χ2v) is 5.93. The lowest BCUT2D eigenvalue weighted by Crippen LogP contribution is -2.30. The number of halogens is 1. The number of carbonyl (C=O) groups is 3. The minimum Gasteiger partial charge on any atom is -0.481 e. The first kappa shape index (κ1) is 20.3. The Kier molecular flexibility index (Phi) is 6.79. The third-order valence-electron chi connectivity index (χ3n) is 3.52. The molecular weight excluding hydrogens is 374 g/mol. The Morgan fingerprint density at radius 3 is 2.07 bits per heavy atom. The van der Waals surface area contributed by atoms with Crippen molar-refractivity contribution in [2.45, 2.75) is 13.0 Å². The SMILES string of the molecule is COC(=O)c1cc(NC(=O)C(C)Oc2cccc(Cl)c2)cc(C(=O)OC)c1. The lowest BCUT2D eigenvalue weighted by Gasteiger charge is -2.15. The fourth-order valence-electron chi connectivity index (χ4n) is 2.21. The molecule has 1 unspecified atom stereocenters. The molecule has 0 aliphatic rings. The Bertz CT molecular complexity index is 833. The highest BCUT2D eigenvalue weighted by molar-refractivity contribution is 6.30. The summed E-state index contributed by atoms with van der Waals surface area (Å²) in [5.74, 6) is -1.35. The summed E-state index contributed by atoms with van der Waals surface area (Å²) in [6.07, 6.45) is -0.855. The predicted octanol–water partition coefficient (Wildman–Crippen LogP) is 3.32. The van der Waals surface area contributed by atoms with Crippen molar-refractivity contribution in [2.75, 3.05) is 19.5 Å². The molecule has 0 saturated carbocycles. The number of carbonyl (C=O) groups excluding carboxylic acids is 3. The van der Waals surface area contributed by atoms with E-state index in [1.807, 2.05) is 0 Å². The van der Waals surface area contributed by atoms with E-state index in [0.717, 1.165) is 0 Å². The number of ether oxygens (including phenoxy) is 3. The minimum atomic E-state index is -0.855. The van der Waals surface area contributed by atoms with Gasteiger partial charge in [-0.3, -0.25) is 4.79 Å². The lowest BCUT2D eigenvalue weighted by molar-refractivity contribution is -0.122. The number of rotatable bonds is 6. The third kappa shape index (κ3) is 5.46. The number of methoxy groups -OCH3 is 2. The van der Waals surface area contributed by atoms with Crippen LogP contribution in [0.5, 0.6) is 5.75 Å². The van der Waals surface area contributed by atoms with Crippen LogP contribution in [-0.4, -0.2) is 38.2 Å². The fourth-order valence-corrected chi connectivity index (χ4v) is 2.39. The Labute approximate surface area is 161 Å². The maximum Gasteiger partial charge on any atom is 0.337 e. The quantitative estimate of drug-likeness (QED) is 0.759. The first-order chi connectivity index (χ1) is 12.8. The second-order valence-electron chi connectivity index (χ2n) is 5.49. The Hall–Kier alpha value is -3.06. The summed E-state index contributed by atoms with van der Waals surface area (Å²) in [6, 6.07) is 10.7. The highest BCUT2D eigenvalue weighted by Gasteiger charge is 2.18. The van der Waals surface area contributed by atoms with Gasteiger partial charge in [-0.25, -0.2) is 9.59 Å². The number of esters is 2. The lowest BCUT2D eigenvalue weighted by atomic mass is 10.1. The van der Waals surface area contributed by atoms with Crippen LogP contribution in [0.1, 0.15) is 27.6 Å². The van der Waals surface area contributed by atoms with Crippen molar-refractivity contribution in [3.05, 3.63) is 58.6 Å². The van der Waals surface area contributed by atoms with Gasteiger partial charge in [0.25, 0.3) is 5.91 Å². The first-order valence-corrected chi connectivity index (χ1v) is 8.26. The van der Waals surface area contributed by atoms with Crippen molar-refractivity contribution in [3.63, 3.8) is 0 Å². The van der Waals surface area contributed by atoms with Crippen LogP contribution in [0, 0.1) is 0 Å². The van der Waals surface area contributed by atoms with Crippen LogP contribution in [0.25, 0.3) is 0 Å². The highest BCUT2D eigenvalue weighted by atomic mass is 35.5. The third-order valence-corrected chi connectivity index (χ3v) is 3.76. The van der Waals surface area contributed by atoms with Gasteiger partial charge >= 0.3 is 11.9 Å². The highest BCUT2D eigenvalue weighted by Crippen LogP contribution is 2.20. The van der Waals surface area contributed by atoms with Crippen LogP contribution < -0.4 is 10.1 Å². The van der Waals surface area contributed by atoms with Crippen LogP contribution in [0.4, 0.5) is 5.69 Å². The maximum atomic E-state index is 12.4. The summed E-state index contributed by atoms with van der Waals surface area (Å²) in [4.78, 5) is 36.0. The molecule has 0 spiro atoms. The molecule has 0 bridgehead atoms. The summed E-state index contributed by atoms with van der Waals surface area (Å²) < 4.78 is 14.9. The zero-order valence-corrected chi connectivity index (χ0v) is 15.7. The average Bonchev–Trinajstić information content (AvgIpc) is 2.66. The molecular formula is C19H18ClNO6. The molecule has 1 atom stereocenters. The summed E-state index contributed by atoms with van der Waals surface area (Å²) in [6.45, 7) is 1.56. The molecule has 142 valence electrons. The molecule has 2 aromatic rings. The fraction of sp³-hybridized carbons (Fsp3) is 0.211. The van der Waals surface area contributed by atoms with Gasteiger partial charge in [0, 0.05) is 10.7 Å². The van der Waals surface area contributed by atoms with Crippen molar-refractivity contribution >= 4 is 35.1 Å². The molecule has 7 nitrogen and oxygen atoms in total. The molecule has 0 aromatic heterocycles. The van der Waals surface area contributed by atoms with Crippen LogP contribution in [-0.2, 0) is 14.3 Å². The zero-order valence-electron chi connectivity index (χ0n) is 14.9.